The maximum Gasteiger partial charge on any atom is 0.295 e. The summed E-state index contributed by atoms with van der Waals surface area (Å²) in [7, 11) is 3.96. The lowest BCUT2D eigenvalue weighted by Crippen LogP contribution is -2.36. The summed E-state index contributed by atoms with van der Waals surface area (Å²) in [6.07, 6.45) is 0. The molecule has 0 aliphatic carbocycles. The number of hydrogen-bond donors (Lipinski definition) is 0. The van der Waals surface area contributed by atoms with Crippen molar-refractivity contribution in [2.75, 3.05) is 32.1 Å². The molecule has 4 rings (SSSR count). The maximum absolute atomic E-state index is 13.3. The monoisotopic (exact) mass is 449 g/mol. The number of aryl methyl sites for hydroxylation is 1. The van der Waals surface area contributed by atoms with Crippen LogP contribution in [0.25, 0.3) is 21.2 Å². The molecule has 0 saturated heterocycles. The summed E-state index contributed by atoms with van der Waals surface area (Å²) >= 11 is 7.73. The Morgan fingerprint density at radius 1 is 1.17 bits per heavy atom. The number of likely N-dealkylation sites (N-methyl/N-ethyl adjacent to an activating group) is 1. The van der Waals surface area contributed by atoms with Gasteiger partial charge in [0, 0.05) is 23.5 Å². The van der Waals surface area contributed by atoms with E-state index in [9.17, 15) is 4.79 Å². The van der Waals surface area contributed by atoms with Gasteiger partial charge in [-0.3, -0.25) is 9.69 Å². The number of amides is 1. The number of hydrogen-bond acceptors (Lipinski definition) is 5. The lowest BCUT2D eigenvalue weighted by atomic mass is 10.2. The molecular weight excluding hydrogens is 429 g/mol. The van der Waals surface area contributed by atoms with Crippen LogP contribution in [0.1, 0.15) is 16.1 Å². The number of halogens is 2. The van der Waals surface area contributed by atoms with Crippen LogP contribution in [0.2, 0.25) is 5.02 Å². The maximum atomic E-state index is 13.3. The van der Waals surface area contributed by atoms with Crippen molar-refractivity contribution in [2.45, 2.75) is 6.92 Å². The first-order valence-electron chi connectivity index (χ1n) is 8.95. The van der Waals surface area contributed by atoms with E-state index in [1.54, 1.807) is 11.0 Å². The molecule has 0 atom stereocenters. The number of para-hydroxylation sites is 1. The van der Waals surface area contributed by atoms with E-state index >= 15 is 0 Å². The van der Waals surface area contributed by atoms with Crippen LogP contribution in [-0.2, 0) is 0 Å². The van der Waals surface area contributed by atoms with E-state index in [2.05, 4.69) is 0 Å². The fraction of sp³-hybridized carbons (Fsp3) is 0.238. The van der Waals surface area contributed by atoms with Crippen molar-refractivity contribution in [1.82, 2.24) is 9.88 Å². The van der Waals surface area contributed by atoms with Crippen molar-refractivity contribution >= 4 is 67.6 Å². The van der Waals surface area contributed by atoms with Gasteiger partial charge >= 0.3 is 0 Å². The average Bonchev–Trinajstić information content (AvgIpc) is 3.29. The zero-order chi connectivity index (χ0) is 19.8. The molecule has 8 heteroatoms. The Labute approximate surface area is 184 Å². The fourth-order valence-electron chi connectivity index (χ4n) is 3.01. The lowest BCUT2D eigenvalue weighted by molar-refractivity contribution is 0.0960. The van der Waals surface area contributed by atoms with Gasteiger partial charge in [0.2, 0.25) is 0 Å². The van der Waals surface area contributed by atoms with Gasteiger partial charge in [-0.2, -0.15) is 0 Å². The number of furan rings is 1. The summed E-state index contributed by atoms with van der Waals surface area (Å²) in [5.41, 5.74) is 2.45. The Morgan fingerprint density at radius 2 is 1.93 bits per heavy atom. The van der Waals surface area contributed by atoms with Crippen LogP contribution >= 0.6 is 35.3 Å². The van der Waals surface area contributed by atoms with Crippen LogP contribution in [0, 0.1) is 6.92 Å². The molecule has 1 amide bonds. The molecule has 0 spiro atoms. The van der Waals surface area contributed by atoms with Gasteiger partial charge in [0.1, 0.15) is 5.58 Å². The second kappa shape index (κ2) is 8.71. The summed E-state index contributed by atoms with van der Waals surface area (Å²) in [5.74, 6) is 0.120. The van der Waals surface area contributed by atoms with Crippen LogP contribution < -0.4 is 4.90 Å². The van der Waals surface area contributed by atoms with E-state index in [-0.39, 0.29) is 18.3 Å². The number of fused-ring (bicyclic) bond motifs is 2. The van der Waals surface area contributed by atoms with Gasteiger partial charge in [0.15, 0.2) is 10.9 Å². The molecule has 0 N–H and O–H groups in total. The van der Waals surface area contributed by atoms with Gasteiger partial charge in [0.05, 0.1) is 10.2 Å². The number of nitrogens with zero attached hydrogens (tertiary/aromatic N) is 3. The van der Waals surface area contributed by atoms with Crippen molar-refractivity contribution in [3.05, 3.63) is 58.8 Å². The van der Waals surface area contributed by atoms with Crippen molar-refractivity contribution < 1.29 is 9.21 Å². The minimum Gasteiger partial charge on any atom is -0.451 e. The molecule has 4 aromatic rings. The zero-order valence-electron chi connectivity index (χ0n) is 16.3. The van der Waals surface area contributed by atoms with E-state index in [0.717, 1.165) is 21.2 Å². The van der Waals surface area contributed by atoms with Crippen molar-refractivity contribution in [1.29, 1.82) is 0 Å². The Hall–Kier alpha value is -2.12. The van der Waals surface area contributed by atoms with Crippen molar-refractivity contribution in [3.8, 4) is 0 Å². The average molecular weight is 450 g/mol. The summed E-state index contributed by atoms with van der Waals surface area (Å²) in [6, 6.07) is 13.2. The SMILES string of the molecule is Cc1c(Cl)ccc2sc(N(CCN(C)C)C(=O)c3cc4ccccc4o3)nc12.Cl. The topological polar surface area (TPSA) is 49.6 Å². The number of benzene rings is 2. The van der Waals surface area contributed by atoms with Gasteiger partial charge in [-0.15, -0.1) is 12.4 Å². The highest BCUT2D eigenvalue weighted by molar-refractivity contribution is 7.22. The zero-order valence-corrected chi connectivity index (χ0v) is 18.7. The van der Waals surface area contributed by atoms with E-state index < -0.39 is 0 Å². The number of thiazole rings is 1. The Balaban J connectivity index is 0.00000240. The second-order valence-corrected chi connectivity index (χ2v) is 8.34. The molecule has 0 unspecified atom stereocenters. The number of aromatic nitrogens is 1. The first kappa shape index (κ1) is 21.6. The second-order valence-electron chi connectivity index (χ2n) is 6.92. The molecular formula is C21H21Cl2N3O2S. The Kier molecular flexibility index (Phi) is 6.49. The molecule has 2 aromatic heterocycles. The van der Waals surface area contributed by atoms with Crippen LogP contribution in [0.5, 0.6) is 0 Å². The molecule has 0 radical (unpaired) electrons. The van der Waals surface area contributed by atoms with Crippen LogP contribution in [0.3, 0.4) is 0 Å². The highest BCUT2D eigenvalue weighted by atomic mass is 35.5. The van der Waals surface area contributed by atoms with Crippen LogP contribution in [-0.4, -0.2) is 43.0 Å². The largest absolute Gasteiger partial charge is 0.451 e. The van der Waals surface area contributed by atoms with E-state index in [4.69, 9.17) is 21.0 Å². The summed E-state index contributed by atoms with van der Waals surface area (Å²) in [6.45, 7) is 3.16. The third kappa shape index (κ3) is 4.26. The van der Waals surface area contributed by atoms with E-state index in [1.807, 2.05) is 62.3 Å². The molecule has 5 nitrogen and oxygen atoms in total. The molecule has 152 valence electrons. The van der Waals surface area contributed by atoms with Crippen LogP contribution in [0.15, 0.2) is 46.9 Å². The highest BCUT2D eigenvalue weighted by Crippen LogP contribution is 2.34. The van der Waals surface area contributed by atoms with Gasteiger partial charge < -0.3 is 9.32 Å². The predicted octanol–water partition coefficient (Wildman–Crippen LogP) is 5.63. The number of carbonyl (C=O) groups is 1. The summed E-state index contributed by atoms with van der Waals surface area (Å²) < 4.78 is 6.81. The first-order chi connectivity index (χ1) is 13.4. The molecule has 0 bridgehead atoms. The van der Waals surface area contributed by atoms with Crippen molar-refractivity contribution in [3.63, 3.8) is 0 Å². The Bertz CT molecular complexity index is 1140. The van der Waals surface area contributed by atoms with E-state index in [1.165, 1.54) is 11.3 Å². The standard InChI is InChI=1S/C21H20ClN3O2S.ClH/c1-13-15(22)8-9-18-19(13)23-21(28-18)25(11-10-24(2)3)20(26)17-12-14-6-4-5-7-16(14)27-17;/h4-9,12H,10-11H2,1-3H3;1H. The summed E-state index contributed by atoms with van der Waals surface area (Å²) in [4.78, 5) is 21.8. The highest BCUT2D eigenvalue weighted by Gasteiger charge is 2.25. The van der Waals surface area contributed by atoms with Gasteiger partial charge in [0.25, 0.3) is 5.91 Å². The number of anilines is 1. The molecule has 0 fully saturated rings. The number of rotatable bonds is 5. The first-order valence-corrected chi connectivity index (χ1v) is 10.1. The lowest BCUT2D eigenvalue weighted by Gasteiger charge is -2.20. The quantitative estimate of drug-likeness (QED) is 0.395. The fourth-order valence-corrected chi connectivity index (χ4v) is 4.21. The van der Waals surface area contributed by atoms with Gasteiger partial charge in [-0.25, -0.2) is 4.98 Å². The minimum atomic E-state index is -0.194. The molecule has 0 saturated carbocycles. The predicted molar refractivity (Wildman–Crippen MR) is 123 cm³/mol. The smallest absolute Gasteiger partial charge is 0.295 e. The van der Waals surface area contributed by atoms with E-state index in [0.29, 0.717) is 34.6 Å². The van der Waals surface area contributed by atoms with Crippen LogP contribution in [0.4, 0.5) is 5.13 Å². The minimum absolute atomic E-state index is 0. The van der Waals surface area contributed by atoms with Crippen molar-refractivity contribution in [2.24, 2.45) is 0 Å². The molecule has 2 aromatic carbocycles. The molecule has 0 aliphatic heterocycles. The van der Waals surface area contributed by atoms with Gasteiger partial charge in [-0.05, 0) is 50.8 Å². The third-order valence-electron chi connectivity index (χ3n) is 4.62. The molecule has 2 heterocycles. The third-order valence-corrected chi connectivity index (χ3v) is 6.07. The molecule has 0 aliphatic rings. The van der Waals surface area contributed by atoms with Gasteiger partial charge in [-0.1, -0.05) is 41.1 Å². The number of carbonyl (C=O) groups excluding carboxylic acids is 1. The molecule has 29 heavy (non-hydrogen) atoms. The summed E-state index contributed by atoms with van der Waals surface area (Å²) in [5, 5.41) is 2.23. The normalized spacial score (nSPS) is 11.2. The Morgan fingerprint density at radius 3 is 2.66 bits per heavy atom.